The molecule has 0 saturated heterocycles. The Hall–Kier alpha value is -0.190. The monoisotopic (exact) mass is 122 g/mol. The Labute approximate surface area is 44.9 Å². The first kappa shape index (κ1) is 5.81. The molecule has 0 N–H and O–H groups in total. The fourth-order valence-corrected chi connectivity index (χ4v) is 0.116. The van der Waals surface area contributed by atoms with E-state index in [9.17, 15) is 4.79 Å². The molecule has 3 heteroatoms. The van der Waals surface area contributed by atoms with E-state index in [0.717, 1.165) is 0 Å². The first-order chi connectivity index (χ1) is 2.77. The van der Waals surface area contributed by atoms with Crippen LogP contribution in [0.2, 0.25) is 0 Å². The number of rotatable bonds is 0. The highest BCUT2D eigenvalue weighted by Gasteiger charge is 1.69. The third-order valence-corrected chi connectivity index (χ3v) is 0.335. The van der Waals surface area contributed by atoms with Crippen molar-refractivity contribution < 1.29 is 4.79 Å². The van der Waals surface area contributed by atoms with Crippen molar-refractivity contribution in [2.45, 2.75) is 0 Å². The van der Waals surface area contributed by atoms with Crippen LogP contribution >= 0.6 is 23.2 Å². The SMILES string of the molecule is O=C=C=C(Cl)Cl. The maximum Gasteiger partial charge on any atom is 0.179 e. The predicted molar refractivity (Wildman–Crippen MR) is 24.4 cm³/mol. The van der Waals surface area contributed by atoms with Crippen LogP contribution in [0, 0.1) is 0 Å². The van der Waals surface area contributed by atoms with Gasteiger partial charge in [0.25, 0.3) is 0 Å². The number of halogens is 2. The molecule has 0 aliphatic heterocycles. The van der Waals surface area contributed by atoms with Gasteiger partial charge >= 0.3 is 0 Å². The average Bonchev–Trinajstić information content (AvgIpc) is 1.35. The largest absolute Gasteiger partial charge is 0.224 e. The maximum atomic E-state index is 9.19. The summed E-state index contributed by atoms with van der Waals surface area (Å²) in [7, 11) is 0. The van der Waals surface area contributed by atoms with Crippen molar-refractivity contribution in [3.8, 4) is 0 Å². The molecule has 32 valence electrons. The van der Waals surface area contributed by atoms with Gasteiger partial charge in [0.1, 0.15) is 0 Å². The van der Waals surface area contributed by atoms with E-state index >= 15 is 0 Å². The summed E-state index contributed by atoms with van der Waals surface area (Å²) >= 11 is 9.77. The minimum absolute atomic E-state index is 0.190. The number of hydrogen-bond acceptors (Lipinski definition) is 1. The van der Waals surface area contributed by atoms with Gasteiger partial charge in [-0.2, -0.15) is 0 Å². The van der Waals surface area contributed by atoms with Gasteiger partial charge in [-0.1, -0.05) is 23.2 Å². The van der Waals surface area contributed by atoms with E-state index in [-0.39, 0.29) is 4.49 Å². The van der Waals surface area contributed by atoms with Crippen molar-refractivity contribution in [3.05, 3.63) is 10.2 Å². The first-order valence-corrected chi connectivity index (χ1v) is 1.84. The Kier molecular flexibility index (Phi) is 2.92. The van der Waals surface area contributed by atoms with Gasteiger partial charge in [0, 0.05) is 5.73 Å². The van der Waals surface area contributed by atoms with Crippen LogP contribution in [0.3, 0.4) is 0 Å². The highest BCUT2D eigenvalue weighted by Crippen LogP contribution is 2.00. The quantitative estimate of drug-likeness (QED) is 0.350. The fourth-order valence-electron chi connectivity index (χ4n) is 0.0386. The second-order valence-corrected chi connectivity index (χ2v) is 1.44. The van der Waals surface area contributed by atoms with Crippen LogP contribution in [-0.2, 0) is 4.79 Å². The van der Waals surface area contributed by atoms with Crippen LogP contribution in [0.25, 0.3) is 0 Å². The minimum atomic E-state index is -0.190. The zero-order chi connectivity index (χ0) is 4.99. The smallest absolute Gasteiger partial charge is 0.179 e. The molecule has 0 unspecified atom stereocenters. The molecule has 0 amide bonds. The molecular formula is C3Cl2O. The Morgan fingerprint density at radius 2 is 2.00 bits per heavy atom. The molecule has 0 aliphatic rings. The molecule has 0 radical (unpaired) electrons. The molecule has 0 aromatic rings. The van der Waals surface area contributed by atoms with Crippen molar-refractivity contribution >= 4 is 29.1 Å². The Balaban J connectivity index is 4.13. The summed E-state index contributed by atoms with van der Waals surface area (Å²) in [5, 5.41) is 0. The highest BCUT2D eigenvalue weighted by molar-refractivity contribution is 6.55. The van der Waals surface area contributed by atoms with Crippen molar-refractivity contribution in [1.82, 2.24) is 0 Å². The lowest BCUT2D eigenvalue weighted by atomic mass is 11.0. The Morgan fingerprint density at radius 3 is 2.00 bits per heavy atom. The highest BCUT2D eigenvalue weighted by atomic mass is 35.5. The third kappa shape index (κ3) is 3.81. The molecule has 0 rings (SSSR count). The Bertz CT molecular complexity index is 113. The van der Waals surface area contributed by atoms with E-state index < -0.39 is 0 Å². The van der Waals surface area contributed by atoms with Crippen LogP contribution in [-0.4, -0.2) is 5.94 Å². The van der Waals surface area contributed by atoms with E-state index in [1.807, 2.05) is 5.73 Å². The van der Waals surface area contributed by atoms with Crippen molar-refractivity contribution in [2.75, 3.05) is 0 Å². The van der Waals surface area contributed by atoms with Gasteiger partial charge in [-0.25, -0.2) is 4.79 Å². The predicted octanol–water partition coefficient (Wildman–Crippen LogP) is 1.29. The molecule has 0 spiro atoms. The molecule has 0 atom stereocenters. The first-order valence-electron chi connectivity index (χ1n) is 1.08. The maximum absolute atomic E-state index is 9.19. The zero-order valence-corrected chi connectivity index (χ0v) is 4.18. The molecule has 0 saturated carbocycles. The topological polar surface area (TPSA) is 17.1 Å². The number of hydrogen-bond donors (Lipinski definition) is 0. The second kappa shape index (κ2) is 3.02. The Morgan fingerprint density at radius 1 is 1.50 bits per heavy atom. The van der Waals surface area contributed by atoms with Crippen molar-refractivity contribution in [3.63, 3.8) is 0 Å². The van der Waals surface area contributed by atoms with Crippen LogP contribution in [0.5, 0.6) is 0 Å². The van der Waals surface area contributed by atoms with Gasteiger partial charge in [-0.3, -0.25) is 0 Å². The molecule has 1 nitrogen and oxygen atoms in total. The minimum Gasteiger partial charge on any atom is -0.224 e. The molecule has 0 aromatic heterocycles. The van der Waals surface area contributed by atoms with Gasteiger partial charge < -0.3 is 0 Å². The summed E-state index contributed by atoms with van der Waals surface area (Å²) < 4.78 is -0.190. The van der Waals surface area contributed by atoms with E-state index in [4.69, 9.17) is 23.2 Å². The van der Waals surface area contributed by atoms with E-state index in [1.54, 1.807) is 0 Å². The summed E-state index contributed by atoms with van der Waals surface area (Å²) in [4.78, 5) is 9.19. The third-order valence-electron chi connectivity index (χ3n) is 0.146. The second-order valence-electron chi connectivity index (χ2n) is 0.487. The van der Waals surface area contributed by atoms with Gasteiger partial charge in [-0.05, 0) is 0 Å². The summed E-state index contributed by atoms with van der Waals surface area (Å²) in [6.07, 6.45) is 0. The molecule has 0 heterocycles. The molecule has 0 aliphatic carbocycles. The van der Waals surface area contributed by atoms with Crippen molar-refractivity contribution in [2.24, 2.45) is 0 Å². The summed E-state index contributed by atoms with van der Waals surface area (Å²) in [6.45, 7) is 0. The lowest BCUT2D eigenvalue weighted by Crippen LogP contribution is -1.39. The number of carbonyl (C=O) groups excluding carboxylic acids is 1. The molecule has 0 fully saturated rings. The normalized spacial score (nSPS) is 5.67. The van der Waals surface area contributed by atoms with Crippen molar-refractivity contribution in [1.29, 1.82) is 0 Å². The fraction of sp³-hybridized carbons (Fsp3) is 0. The lowest BCUT2D eigenvalue weighted by Gasteiger charge is -1.57. The molecule has 0 bridgehead atoms. The summed E-state index contributed by atoms with van der Waals surface area (Å²) in [5.74, 6) is 1.27. The van der Waals surface area contributed by atoms with E-state index in [0.29, 0.717) is 0 Å². The van der Waals surface area contributed by atoms with E-state index in [1.165, 1.54) is 5.94 Å². The lowest BCUT2D eigenvalue weighted by molar-refractivity contribution is 0.569. The van der Waals surface area contributed by atoms with Gasteiger partial charge in [0.15, 0.2) is 10.4 Å². The van der Waals surface area contributed by atoms with Gasteiger partial charge in [0.2, 0.25) is 0 Å². The average molecular weight is 123 g/mol. The van der Waals surface area contributed by atoms with Crippen LogP contribution < -0.4 is 0 Å². The molecule has 0 aromatic carbocycles. The summed E-state index contributed by atoms with van der Waals surface area (Å²) in [6, 6.07) is 0. The van der Waals surface area contributed by atoms with Gasteiger partial charge in [-0.15, -0.1) is 0 Å². The standard InChI is InChI=1S/C3Cl2O/c4-3(5)1-2-6. The summed E-state index contributed by atoms with van der Waals surface area (Å²) in [5.41, 5.74) is 1.85. The van der Waals surface area contributed by atoms with Gasteiger partial charge in [0.05, 0.1) is 0 Å². The molecule has 6 heavy (non-hydrogen) atoms. The van der Waals surface area contributed by atoms with Crippen LogP contribution in [0.4, 0.5) is 0 Å². The molecular weight excluding hydrogens is 123 g/mol. The van der Waals surface area contributed by atoms with Crippen LogP contribution in [0.1, 0.15) is 0 Å². The van der Waals surface area contributed by atoms with Crippen LogP contribution in [0.15, 0.2) is 10.2 Å². The van der Waals surface area contributed by atoms with E-state index in [2.05, 4.69) is 0 Å². The zero-order valence-electron chi connectivity index (χ0n) is 2.66.